The minimum atomic E-state index is -1.23. The number of amides is 6. The standard InChI is InChI=1S/C90H104N4O12/c1-15-101-45-43-91-81(95)67(47-53-23-19-17-20-24-53)93-83(97)63-49-69(103-59-35-27-55(28-36-59)87(3,4)5)75-77-71(105-61-39-31-57(32-40-61)89(9,10)11)51-65-74-66(86(100)94(85(65)99)68(48-54-25-21-18-22-26-54)82(96)92-44-46-102-16-2)52-72(106-62-41-33-58(34-42-62)90(12,13)14)78(80(74)77)76-70(50-64(84(93)98)73(63)79(75)76)104-60-37-29-56(30-38-60)88(6,7)8/h27-42,49-54,67-68H,15-26,43-48H2,1-14H3,(H,91,95)(H,92,96). The smallest absolute Gasteiger partial charge is 0.262 e. The molecule has 16 heteroatoms. The molecule has 2 N–H and O–H groups in total. The maximum atomic E-state index is 16.6. The predicted octanol–water partition coefficient (Wildman–Crippen LogP) is 20.3. The van der Waals surface area contributed by atoms with Gasteiger partial charge in [0.25, 0.3) is 23.6 Å². The molecule has 2 aliphatic heterocycles. The van der Waals surface area contributed by atoms with Crippen molar-refractivity contribution < 1.29 is 57.2 Å². The van der Waals surface area contributed by atoms with E-state index in [9.17, 15) is 0 Å². The molecule has 106 heavy (non-hydrogen) atoms. The van der Waals surface area contributed by atoms with E-state index in [0.717, 1.165) is 96.3 Å². The molecule has 13 rings (SSSR count). The molecule has 6 amide bonds. The molecule has 0 spiro atoms. The van der Waals surface area contributed by atoms with Crippen molar-refractivity contribution in [2.45, 2.75) is 208 Å². The van der Waals surface area contributed by atoms with Crippen molar-refractivity contribution in [3.8, 4) is 46.0 Å². The van der Waals surface area contributed by atoms with Crippen molar-refractivity contribution in [1.29, 1.82) is 0 Å². The summed E-state index contributed by atoms with van der Waals surface area (Å²) >= 11 is 0. The Kier molecular flexibility index (Phi) is 21.3. The highest BCUT2D eigenvalue weighted by molar-refractivity contribution is 6.45. The van der Waals surface area contributed by atoms with Crippen LogP contribution in [0.3, 0.4) is 0 Å². The van der Waals surface area contributed by atoms with Gasteiger partial charge < -0.3 is 39.1 Å². The molecule has 556 valence electrons. The van der Waals surface area contributed by atoms with Crippen LogP contribution in [0, 0.1) is 11.8 Å². The maximum Gasteiger partial charge on any atom is 0.262 e. The van der Waals surface area contributed by atoms with Crippen LogP contribution in [0.25, 0.3) is 43.1 Å². The molecule has 9 aromatic rings. The quantitative estimate of drug-likeness (QED) is 0.0252. The van der Waals surface area contributed by atoms with Gasteiger partial charge >= 0.3 is 0 Å². The molecule has 0 bridgehead atoms. The van der Waals surface area contributed by atoms with Crippen LogP contribution < -0.4 is 29.6 Å². The van der Waals surface area contributed by atoms with Crippen LogP contribution in [0.15, 0.2) is 121 Å². The van der Waals surface area contributed by atoms with Crippen LogP contribution in [0.4, 0.5) is 0 Å². The first-order valence-electron chi connectivity index (χ1n) is 38.5. The molecule has 2 heterocycles. The Balaban J connectivity index is 1.19. The Morgan fingerprint density at radius 2 is 0.613 bits per heavy atom. The van der Waals surface area contributed by atoms with E-state index in [2.05, 4.69) is 93.7 Å². The van der Waals surface area contributed by atoms with Gasteiger partial charge in [-0.25, -0.2) is 0 Å². The highest BCUT2D eigenvalue weighted by atomic mass is 16.5. The average Bonchev–Trinajstić information content (AvgIpc) is 0.670. The van der Waals surface area contributed by atoms with Crippen molar-refractivity contribution in [2.24, 2.45) is 11.8 Å². The van der Waals surface area contributed by atoms with Crippen molar-refractivity contribution in [3.05, 3.63) is 166 Å². The van der Waals surface area contributed by atoms with Crippen LogP contribution in [-0.2, 0) is 40.7 Å². The number of hydrogen-bond acceptors (Lipinski definition) is 12. The fourth-order valence-corrected chi connectivity index (χ4v) is 16.2. The second-order valence-corrected chi connectivity index (χ2v) is 33.6. The number of nitrogens with zero attached hydrogens (tertiary/aromatic N) is 2. The summed E-state index contributed by atoms with van der Waals surface area (Å²) in [5.74, 6) is -1.39. The van der Waals surface area contributed by atoms with E-state index < -0.39 is 47.5 Å². The van der Waals surface area contributed by atoms with Gasteiger partial charge in [-0.1, -0.05) is 196 Å². The van der Waals surface area contributed by atoms with Gasteiger partial charge in [0.05, 0.1) is 35.5 Å². The Bertz CT molecular complexity index is 4260. The van der Waals surface area contributed by atoms with Crippen LogP contribution >= 0.6 is 0 Å². The van der Waals surface area contributed by atoms with Crippen LogP contribution in [0.2, 0.25) is 0 Å². The highest BCUT2D eigenvalue weighted by Crippen LogP contribution is 2.59. The average molecular weight is 1430 g/mol. The lowest BCUT2D eigenvalue weighted by atomic mass is 9.79. The molecule has 2 aliphatic carbocycles. The topological polar surface area (TPSA) is 188 Å². The summed E-state index contributed by atoms with van der Waals surface area (Å²) in [6, 6.07) is 35.4. The van der Waals surface area contributed by atoms with Gasteiger partial charge in [-0.2, -0.15) is 0 Å². The molecule has 2 fully saturated rings. The number of hydrogen-bond donors (Lipinski definition) is 2. The summed E-state index contributed by atoms with van der Waals surface area (Å²) in [4.78, 5) is 99.1. The predicted molar refractivity (Wildman–Crippen MR) is 418 cm³/mol. The lowest BCUT2D eigenvalue weighted by Crippen LogP contribution is -2.54. The fourth-order valence-electron chi connectivity index (χ4n) is 16.2. The van der Waals surface area contributed by atoms with E-state index in [1.807, 2.05) is 111 Å². The van der Waals surface area contributed by atoms with Gasteiger partial charge in [-0.3, -0.25) is 38.6 Å². The van der Waals surface area contributed by atoms with Crippen molar-refractivity contribution in [2.75, 3.05) is 39.5 Å². The second kappa shape index (κ2) is 30.1. The molecule has 2 atom stereocenters. The number of benzene rings is 9. The molecule has 0 radical (unpaired) electrons. The number of imide groups is 2. The second-order valence-electron chi connectivity index (χ2n) is 33.6. The van der Waals surface area contributed by atoms with E-state index in [0.29, 0.717) is 68.5 Å². The van der Waals surface area contributed by atoms with E-state index in [1.54, 1.807) is 24.3 Å². The van der Waals surface area contributed by atoms with E-state index in [1.165, 1.54) is 0 Å². The number of nitrogens with one attached hydrogen (secondary N) is 2. The van der Waals surface area contributed by atoms with Crippen LogP contribution in [-0.4, -0.2) is 96.8 Å². The Morgan fingerprint density at radius 3 is 0.840 bits per heavy atom. The largest absolute Gasteiger partial charge is 0.457 e. The van der Waals surface area contributed by atoms with Crippen molar-refractivity contribution in [3.63, 3.8) is 0 Å². The lowest BCUT2D eigenvalue weighted by molar-refractivity contribution is -0.126. The molecule has 0 aromatic heterocycles. The number of fused-ring (bicyclic) bond motifs is 2. The number of carbonyl (C=O) groups is 6. The molecule has 0 saturated heterocycles. The normalized spacial score (nSPS) is 16.2. The zero-order valence-corrected chi connectivity index (χ0v) is 64.4. The third-order valence-corrected chi connectivity index (χ3v) is 22.0. The van der Waals surface area contributed by atoms with E-state index >= 15 is 28.8 Å². The Morgan fingerprint density at radius 1 is 0.368 bits per heavy atom. The first kappa shape index (κ1) is 74.9. The summed E-state index contributed by atoms with van der Waals surface area (Å²) in [6.07, 6.45) is 9.76. The minimum absolute atomic E-state index is 0.0416. The van der Waals surface area contributed by atoms with Crippen molar-refractivity contribution >= 4 is 78.5 Å². The highest BCUT2D eigenvalue weighted by Gasteiger charge is 2.47. The van der Waals surface area contributed by atoms with Crippen molar-refractivity contribution in [1.82, 2.24) is 20.4 Å². The third kappa shape index (κ3) is 15.1. The zero-order valence-electron chi connectivity index (χ0n) is 64.4. The van der Waals surface area contributed by atoms with E-state index in [-0.39, 0.29) is 129 Å². The SMILES string of the molecule is CCOCCNC(=O)C(CC1CCCCC1)N1C(=O)c2cc(Oc3ccc(C(C)(C)C)cc3)c3c4c(Oc5ccc(C(C)(C)C)cc5)cc5c6c(cc(Oc7ccc(C(C)(C)C)cc7)c(c7c(Oc8ccc(C(C)(C)C)cc8)cc(c2c37)C1=O)c64)C(=O)N(C(CC1CCCCC1)C(=O)NCCOCC)C5=O. The number of rotatable bonds is 24. The Hall–Kier alpha value is -9.38. The monoisotopic (exact) mass is 1430 g/mol. The molecule has 2 unspecified atom stereocenters. The third-order valence-electron chi connectivity index (χ3n) is 22.0. The summed E-state index contributed by atoms with van der Waals surface area (Å²) in [5, 5.41) is 8.75. The van der Waals surface area contributed by atoms with Gasteiger partial charge in [0.2, 0.25) is 11.8 Å². The maximum absolute atomic E-state index is 16.6. The fraction of sp³-hybridized carbons (Fsp3) is 0.444. The molecular weight excluding hydrogens is 1330 g/mol. The summed E-state index contributed by atoms with van der Waals surface area (Å²) < 4.78 is 41.1. The first-order valence-corrected chi connectivity index (χ1v) is 38.5. The lowest BCUT2D eigenvalue weighted by Gasteiger charge is -2.37. The molecule has 16 nitrogen and oxygen atoms in total. The molecule has 2 saturated carbocycles. The minimum Gasteiger partial charge on any atom is -0.457 e. The van der Waals surface area contributed by atoms with Gasteiger partial charge in [-0.15, -0.1) is 0 Å². The number of ether oxygens (including phenoxy) is 6. The Labute approximate surface area is 623 Å². The summed E-state index contributed by atoms with van der Waals surface area (Å²) in [5.41, 5.74) is 3.58. The van der Waals surface area contributed by atoms with Gasteiger partial charge in [0.15, 0.2) is 0 Å². The van der Waals surface area contributed by atoms with Crippen LogP contribution in [0.1, 0.15) is 238 Å². The number of carbonyl (C=O) groups excluding carboxylic acids is 6. The van der Waals surface area contributed by atoms with Gasteiger partial charge in [0, 0.05) is 69.4 Å². The molecule has 4 aliphatic rings. The van der Waals surface area contributed by atoms with E-state index in [4.69, 9.17) is 28.4 Å². The van der Waals surface area contributed by atoms with Gasteiger partial charge in [0.1, 0.15) is 58.1 Å². The molecule has 9 aromatic carbocycles. The summed E-state index contributed by atoms with van der Waals surface area (Å²) in [7, 11) is 0. The zero-order chi connectivity index (χ0) is 75.3. The molecular formula is C90H104N4O12. The van der Waals surface area contributed by atoms with Gasteiger partial charge in [-0.05, 0) is 155 Å². The summed E-state index contributed by atoms with van der Waals surface area (Å²) in [6.45, 7) is 31.0. The van der Waals surface area contributed by atoms with Crippen LogP contribution in [0.5, 0.6) is 46.0 Å². The first-order chi connectivity index (χ1) is 50.5.